The van der Waals surface area contributed by atoms with E-state index in [9.17, 15) is 22.4 Å². The molecule has 0 saturated carbocycles. The van der Waals surface area contributed by atoms with Gasteiger partial charge >= 0.3 is 6.03 Å². The van der Waals surface area contributed by atoms with Crippen molar-refractivity contribution in [2.24, 2.45) is 0 Å². The molecule has 2 aromatic carbocycles. The number of benzene rings is 2. The highest BCUT2D eigenvalue weighted by Crippen LogP contribution is 2.27. The number of anilines is 2. The average molecular weight is 493 g/mol. The summed E-state index contributed by atoms with van der Waals surface area (Å²) in [5.74, 6) is -0.684. The molecule has 2 heterocycles. The van der Waals surface area contributed by atoms with Crippen LogP contribution in [0.25, 0.3) is 16.5 Å². The lowest BCUT2D eigenvalue weighted by Gasteiger charge is -2.10. The number of fused-ring (bicyclic) bond motifs is 1. The van der Waals surface area contributed by atoms with Gasteiger partial charge in [0.2, 0.25) is 0 Å². The molecule has 0 bridgehead atoms. The van der Waals surface area contributed by atoms with Gasteiger partial charge in [-0.15, -0.1) is 11.3 Å². The zero-order chi connectivity index (χ0) is 23.0. The molecular formula is C20H14ClFN4O4S2. The first kappa shape index (κ1) is 21.8. The number of carbonyl (C=O) groups is 1. The number of amides is 2. The maximum absolute atomic E-state index is 13.8. The number of aromatic nitrogens is 1. The molecule has 4 rings (SSSR count). The maximum atomic E-state index is 13.8. The van der Waals surface area contributed by atoms with E-state index in [0.29, 0.717) is 11.1 Å². The average Bonchev–Trinajstić information content (AvgIpc) is 3.17. The summed E-state index contributed by atoms with van der Waals surface area (Å²) in [6.07, 6.45) is 1.52. The first-order valence-corrected chi connectivity index (χ1v) is 11.7. The normalized spacial score (nSPS) is 11.4. The van der Waals surface area contributed by atoms with Gasteiger partial charge < -0.3 is 11.1 Å². The van der Waals surface area contributed by atoms with Crippen LogP contribution in [0.1, 0.15) is 0 Å². The molecule has 0 unspecified atom stereocenters. The Labute approximate surface area is 190 Å². The van der Waals surface area contributed by atoms with Gasteiger partial charge in [-0.1, -0.05) is 11.6 Å². The minimum absolute atomic E-state index is 0.0167. The van der Waals surface area contributed by atoms with Gasteiger partial charge in [-0.2, -0.15) is 0 Å². The minimum atomic E-state index is -4.11. The molecule has 2 amide bonds. The van der Waals surface area contributed by atoms with Gasteiger partial charge in [0, 0.05) is 17.6 Å². The Bertz CT molecular complexity index is 1520. The first-order chi connectivity index (χ1) is 15.2. The zero-order valence-electron chi connectivity index (χ0n) is 16.0. The number of urea groups is 1. The Hall–Kier alpha value is -3.41. The Kier molecular flexibility index (Phi) is 5.63. The third-order valence-corrected chi connectivity index (χ3v) is 7.83. The lowest BCUT2D eigenvalue weighted by atomic mass is 10.1. The number of hydrogen-bond donors (Lipinski definition) is 3. The zero-order valence-corrected chi connectivity index (χ0v) is 18.4. The fourth-order valence-corrected chi connectivity index (χ4v) is 5.58. The summed E-state index contributed by atoms with van der Waals surface area (Å²) in [5.41, 5.74) is 5.79. The second kappa shape index (κ2) is 8.26. The summed E-state index contributed by atoms with van der Waals surface area (Å²) < 4.78 is 41.3. The highest BCUT2D eigenvalue weighted by molar-refractivity contribution is 7.92. The van der Waals surface area contributed by atoms with Crippen LogP contribution in [0.15, 0.2) is 69.1 Å². The molecule has 164 valence electrons. The molecule has 32 heavy (non-hydrogen) atoms. The van der Waals surface area contributed by atoms with Crippen LogP contribution in [0.3, 0.4) is 0 Å². The van der Waals surface area contributed by atoms with Gasteiger partial charge in [-0.05, 0) is 59.3 Å². The number of nitrogens with two attached hydrogens (primary N) is 1. The van der Waals surface area contributed by atoms with Crippen molar-refractivity contribution in [1.82, 2.24) is 9.29 Å². The third kappa shape index (κ3) is 4.17. The maximum Gasteiger partial charge on any atom is 0.333 e. The van der Waals surface area contributed by atoms with E-state index in [1.165, 1.54) is 40.4 Å². The number of hydrogen-bond acceptors (Lipinski definition) is 6. The second-order valence-corrected chi connectivity index (χ2v) is 9.82. The van der Waals surface area contributed by atoms with Crippen LogP contribution in [0.2, 0.25) is 5.02 Å². The summed E-state index contributed by atoms with van der Waals surface area (Å²) in [6, 6.07) is 10.6. The van der Waals surface area contributed by atoms with Gasteiger partial charge in [0.05, 0.1) is 16.1 Å². The molecule has 0 aliphatic heterocycles. The third-order valence-electron chi connectivity index (χ3n) is 4.48. The van der Waals surface area contributed by atoms with E-state index >= 15 is 0 Å². The van der Waals surface area contributed by atoms with Crippen LogP contribution in [-0.4, -0.2) is 19.0 Å². The van der Waals surface area contributed by atoms with Crippen molar-refractivity contribution >= 4 is 61.1 Å². The molecule has 0 spiro atoms. The summed E-state index contributed by atoms with van der Waals surface area (Å²) in [4.78, 5) is 24.9. The van der Waals surface area contributed by atoms with Crippen molar-refractivity contribution in [3.05, 3.63) is 81.3 Å². The number of rotatable bonds is 4. The van der Waals surface area contributed by atoms with Gasteiger partial charge in [0.25, 0.3) is 15.6 Å². The molecule has 2 aromatic heterocycles. The highest BCUT2D eigenvalue weighted by Gasteiger charge is 2.22. The molecular weight excluding hydrogens is 479 g/mol. The number of carbonyl (C=O) groups excluding carboxylic acids is 1. The van der Waals surface area contributed by atoms with E-state index in [-0.39, 0.29) is 26.0 Å². The fraction of sp³-hybridized carbons (Fsp3) is 0. The predicted molar refractivity (Wildman–Crippen MR) is 123 cm³/mol. The van der Waals surface area contributed by atoms with Crippen molar-refractivity contribution < 1.29 is 17.6 Å². The van der Waals surface area contributed by atoms with E-state index in [0.717, 1.165) is 17.4 Å². The van der Waals surface area contributed by atoms with Gasteiger partial charge in [0.1, 0.15) is 5.82 Å². The topological polar surface area (TPSA) is 123 Å². The monoisotopic (exact) mass is 492 g/mol. The Morgan fingerprint density at radius 3 is 2.50 bits per heavy atom. The Morgan fingerprint density at radius 1 is 1.12 bits per heavy atom. The van der Waals surface area contributed by atoms with E-state index in [1.54, 1.807) is 18.2 Å². The number of halogens is 2. The van der Waals surface area contributed by atoms with Crippen LogP contribution >= 0.6 is 22.9 Å². The van der Waals surface area contributed by atoms with Gasteiger partial charge in [-0.3, -0.25) is 9.36 Å². The molecule has 4 N–H and O–H groups in total. The standard InChI is InChI=1S/C20H14ClFN4O4S2/c21-15-6-8-31-19(15)32(29,30)25-20(28)24-12-1-3-13(4-2-12)26-7-5-11-9-17(23)16(22)10-14(11)18(26)27/h1-10H,23H2,(H2,24,25,28). The summed E-state index contributed by atoms with van der Waals surface area (Å²) in [5, 5.41) is 4.58. The number of sulfonamides is 1. The van der Waals surface area contributed by atoms with E-state index in [4.69, 9.17) is 17.3 Å². The van der Waals surface area contributed by atoms with Crippen molar-refractivity contribution in [2.75, 3.05) is 11.1 Å². The number of nitrogens with one attached hydrogen (secondary N) is 2. The first-order valence-electron chi connectivity index (χ1n) is 8.93. The van der Waals surface area contributed by atoms with Crippen LogP contribution in [-0.2, 0) is 10.0 Å². The molecule has 0 atom stereocenters. The van der Waals surface area contributed by atoms with Crippen molar-refractivity contribution in [3.63, 3.8) is 0 Å². The molecule has 0 radical (unpaired) electrons. The van der Waals surface area contributed by atoms with Crippen molar-refractivity contribution in [1.29, 1.82) is 0 Å². The molecule has 0 fully saturated rings. The number of nitrogens with zero attached hydrogens (tertiary/aromatic N) is 1. The van der Waals surface area contributed by atoms with Crippen LogP contribution < -0.4 is 21.3 Å². The van der Waals surface area contributed by atoms with Crippen LogP contribution in [0.4, 0.5) is 20.6 Å². The number of nitrogen functional groups attached to an aromatic ring is 1. The fourth-order valence-electron chi connectivity index (χ4n) is 2.99. The van der Waals surface area contributed by atoms with Gasteiger partial charge in [0.15, 0.2) is 4.21 Å². The molecule has 4 aromatic rings. The number of pyridine rings is 1. The minimum Gasteiger partial charge on any atom is -0.396 e. The summed E-state index contributed by atoms with van der Waals surface area (Å²) >= 11 is 6.70. The Morgan fingerprint density at radius 2 is 1.84 bits per heavy atom. The van der Waals surface area contributed by atoms with E-state index < -0.39 is 27.4 Å². The SMILES string of the molecule is Nc1cc2ccn(-c3ccc(NC(=O)NS(=O)(=O)c4sccc4Cl)cc3)c(=O)c2cc1F. The molecule has 0 aliphatic carbocycles. The van der Waals surface area contributed by atoms with E-state index in [1.807, 2.05) is 4.72 Å². The van der Waals surface area contributed by atoms with Crippen molar-refractivity contribution in [3.8, 4) is 5.69 Å². The second-order valence-electron chi connectivity index (χ2n) is 6.61. The molecule has 0 aliphatic rings. The van der Waals surface area contributed by atoms with Crippen molar-refractivity contribution in [2.45, 2.75) is 4.21 Å². The van der Waals surface area contributed by atoms with Gasteiger partial charge in [-0.25, -0.2) is 22.3 Å². The highest BCUT2D eigenvalue weighted by atomic mass is 35.5. The Balaban J connectivity index is 1.54. The molecule has 8 nitrogen and oxygen atoms in total. The van der Waals surface area contributed by atoms with E-state index in [2.05, 4.69) is 5.32 Å². The largest absolute Gasteiger partial charge is 0.396 e. The lowest BCUT2D eigenvalue weighted by Crippen LogP contribution is -2.34. The van der Waals surface area contributed by atoms with Crippen LogP contribution in [0, 0.1) is 5.82 Å². The number of thiophene rings is 1. The summed E-state index contributed by atoms with van der Waals surface area (Å²) in [6.45, 7) is 0. The predicted octanol–water partition coefficient (Wildman–Crippen LogP) is 3.94. The quantitative estimate of drug-likeness (QED) is 0.372. The smallest absolute Gasteiger partial charge is 0.333 e. The molecule has 0 saturated heterocycles. The molecule has 12 heteroatoms. The summed E-state index contributed by atoms with van der Waals surface area (Å²) in [7, 11) is -4.11. The lowest BCUT2D eigenvalue weighted by molar-refractivity contribution is 0.256. The van der Waals surface area contributed by atoms with Crippen LogP contribution in [0.5, 0.6) is 0 Å².